The van der Waals surface area contributed by atoms with Crippen molar-refractivity contribution in [3.63, 3.8) is 0 Å². The Kier molecular flexibility index (Phi) is 9.56. The van der Waals surface area contributed by atoms with Crippen LogP contribution in [0.2, 0.25) is 5.02 Å². The molecule has 1 N–H and O–H groups in total. The number of nitrogens with one attached hydrogen (secondary N) is 1. The maximum Gasteiger partial charge on any atom is 0.240 e. The highest BCUT2D eigenvalue weighted by Crippen LogP contribution is 2.16. The molecule has 0 atom stereocenters. The van der Waals surface area contributed by atoms with Gasteiger partial charge in [0, 0.05) is 11.4 Å². The van der Waals surface area contributed by atoms with Gasteiger partial charge in [-0.3, -0.25) is 4.79 Å². The molecule has 0 saturated carbocycles. The highest BCUT2D eigenvalue weighted by molar-refractivity contribution is 6.30. The van der Waals surface area contributed by atoms with Crippen molar-refractivity contribution < 1.29 is 9.53 Å². The van der Waals surface area contributed by atoms with Gasteiger partial charge in [-0.15, -0.1) is 0 Å². The smallest absolute Gasteiger partial charge is 0.240 e. The topological polar surface area (TPSA) is 50.7 Å². The molecule has 2 rings (SSSR count). The van der Waals surface area contributed by atoms with Gasteiger partial charge in [-0.2, -0.15) is 5.10 Å². The van der Waals surface area contributed by atoms with Crippen LogP contribution in [0.5, 0.6) is 5.75 Å². The van der Waals surface area contributed by atoms with Crippen LogP contribution in [-0.2, 0) is 11.4 Å². The molecule has 2 aromatic carbocycles. The number of amides is 1. The average Bonchev–Trinajstić information content (AvgIpc) is 2.72. The van der Waals surface area contributed by atoms with Crippen LogP contribution < -0.4 is 10.2 Å². The molecular formula is C23H29ClN2O2. The first kappa shape index (κ1) is 22.0. The van der Waals surface area contributed by atoms with Crippen LogP contribution in [0.1, 0.15) is 63.5 Å². The van der Waals surface area contributed by atoms with E-state index in [1.807, 2.05) is 55.5 Å². The molecule has 0 aliphatic carbocycles. The molecule has 1 amide bonds. The third-order valence-electron chi connectivity index (χ3n) is 4.45. The molecule has 4 nitrogen and oxygen atoms in total. The van der Waals surface area contributed by atoms with Crippen LogP contribution in [0.3, 0.4) is 0 Å². The lowest BCUT2D eigenvalue weighted by atomic mass is 10.1. The lowest BCUT2D eigenvalue weighted by Gasteiger charge is -2.08. The molecule has 0 bridgehead atoms. The summed E-state index contributed by atoms with van der Waals surface area (Å²) < 4.78 is 5.78. The zero-order valence-corrected chi connectivity index (χ0v) is 17.5. The van der Waals surface area contributed by atoms with Crippen molar-refractivity contribution >= 4 is 23.2 Å². The van der Waals surface area contributed by atoms with Gasteiger partial charge in [0.25, 0.3) is 0 Å². The first-order valence-electron chi connectivity index (χ1n) is 9.89. The summed E-state index contributed by atoms with van der Waals surface area (Å²) in [5.41, 5.74) is 5.42. The summed E-state index contributed by atoms with van der Waals surface area (Å²) >= 11 is 5.89. The van der Waals surface area contributed by atoms with Crippen LogP contribution in [-0.4, -0.2) is 11.6 Å². The molecule has 0 aromatic heterocycles. The number of carbonyl (C=O) groups excluding carboxylic acids is 1. The molecule has 150 valence electrons. The molecule has 28 heavy (non-hydrogen) atoms. The standard InChI is InChI=1S/C23H29ClN2O2/c1-3-4-5-6-7-8-23(27)26-25-18(2)20-11-15-22(16-12-20)28-17-19-9-13-21(24)14-10-19/h9-16H,3-8,17H2,1-2H3,(H,26,27). The van der Waals surface area contributed by atoms with Crippen molar-refractivity contribution in [2.75, 3.05) is 0 Å². The lowest BCUT2D eigenvalue weighted by Crippen LogP contribution is -2.18. The number of ether oxygens (including phenoxy) is 1. The van der Waals surface area contributed by atoms with E-state index in [1.54, 1.807) is 0 Å². The van der Waals surface area contributed by atoms with E-state index in [4.69, 9.17) is 16.3 Å². The van der Waals surface area contributed by atoms with E-state index < -0.39 is 0 Å². The first-order chi connectivity index (χ1) is 13.6. The largest absolute Gasteiger partial charge is 0.489 e. The maximum atomic E-state index is 11.9. The van der Waals surface area contributed by atoms with Crippen molar-refractivity contribution in [2.45, 2.75) is 59.0 Å². The number of rotatable bonds is 11. The monoisotopic (exact) mass is 400 g/mol. The number of nitrogens with zero attached hydrogens (tertiary/aromatic N) is 1. The van der Waals surface area contributed by atoms with Gasteiger partial charge in [0.2, 0.25) is 5.91 Å². The highest BCUT2D eigenvalue weighted by Gasteiger charge is 2.03. The molecule has 5 heteroatoms. The van der Waals surface area contributed by atoms with E-state index in [2.05, 4.69) is 17.5 Å². The SMILES string of the molecule is CCCCCCCC(=O)NN=C(C)c1ccc(OCc2ccc(Cl)cc2)cc1. The summed E-state index contributed by atoms with van der Waals surface area (Å²) in [4.78, 5) is 11.9. The zero-order chi connectivity index (χ0) is 20.2. The molecular weight excluding hydrogens is 372 g/mol. The van der Waals surface area contributed by atoms with Crippen LogP contribution >= 0.6 is 11.6 Å². The van der Waals surface area contributed by atoms with Gasteiger partial charge in [0.15, 0.2) is 0 Å². The molecule has 0 spiro atoms. The van der Waals surface area contributed by atoms with Gasteiger partial charge in [-0.25, -0.2) is 5.43 Å². The third-order valence-corrected chi connectivity index (χ3v) is 4.70. The number of hydrazone groups is 1. The predicted molar refractivity (Wildman–Crippen MR) is 116 cm³/mol. The summed E-state index contributed by atoms with van der Waals surface area (Å²) in [5.74, 6) is 0.751. The number of benzene rings is 2. The number of hydrogen-bond acceptors (Lipinski definition) is 3. The van der Waals surface area contributed by atoms with Gasteiger partial charge in [-0.05, 0) is 60.9 Å². The Morgan fingerprint density at radius 2 is 1.68 bits per heavy atom. The normalized spacial score (nSPS) is 11.3. The average molecular weight is 401 g/mol. The fourth-order valence-corrected chi connectivity index (χ4v) is 2.82. The van der Waals surface area contributed by atoms with E-state index in [1.165, 1.54) is 19.3 Å². The maximum absolute atomic E-state index is 11.9. The minimum absolute atomic E-state index is 0.0289. The summed E-state index contributed by atoms with van der Waals surface area (Å²) in [5, 5.41) is 4.92. The molecule has 0 aliphatic heterocycles. The fraction of sp³-hybridized carbons (Fsp3) is 0.391. The fourth-order valence-electron chi connectivity index (χ4n) is 2.70. The number of hydrogen-bond donors (Lipinski definition) is 1. The zero-order valence-electron chi connectivity index (χ0n) is 16.7. The molecule has 0 saturated heterocycles. The van der Waals surface area contributed by atoms with Gasteiger partial charge >= 0.3 is 0 Å². The number of halogens is 1. The van der Waals surface area contributed by atoms with Gasteiger partial charge in [0.05, 0.1) is 5.71 Å². The molecule has 2 aromatic rings. The van der Waals surface area contributed by atoms with E-state index in [9.17, 15) is 4.79 Å². The summed E-state index contributed by atoms with van der Waals surface area (Å²) in [7, 11) is 0. The second kappa shape index (κ2) is 12.2. The van der Waals surface area contributed by atoms with Crippen LogP contribution in [0, 0.1) is 0 Å². The van der Waals surface area contributed by atoms with Crippen molar-refractivity contribution in [1.82, 2.24) is 5.43 Å². The molecule has 0 fully saturated rings. The van der Waals surface area contributed by atoms with Crippen molar-refractivity contribution in [3.8, 4) is 5.75 Å². The second-order valence-corrected chi connectivity index (χ2v) is 7.27. The third kappa shape index (κ3) is 8.13. The second-order valence-electron chi connectivity index (χ2n) is 6.84. The van der Waals surface area contributed by atoms with E-state index >= 15 is 0 Å². The molecule has 0 heterocycles. The minimum Gasteiger partial charge on any atom is -0.489 e. The lowest BCUT2D eigenvalue weighted by molar-refractivity contribution is -0.121. The Balaban J connectivity index is 1.77. The van der Waals surface area contributed by atoms with E-state index in [-0.39, 0.29) is 5.91 Å². The summed E-state index contributed by atoms with van der Waals surface area (Å²) in [6, 6.07) is 15.3. The predicted octanol–water partition coefficient (Wildman–Crippen LogP) is 6.12. The molecule has 0 radical (unpaired) electrons. The van der Waals surface area contributed by atoms with Crippen molar-refractivity contribution in [1.29, 1.82) is 0 Å². The Bertz CT molecular complexity index is 755. The van der Waals surface area contributed by atoms with E-state index in [0.29, 0.717) is 18.1 Å². The first-order valence-corrected chi connectivity index (χ1v) is 10.3. The Morgan fingerprint density at radius 3 is 2.36 bits per heavy atom. The van der Waals surface area contributed by atoms with Crippen molar-refractivity contribution in [3.05, 3.63) is 64.7 Å². The summed E-state index contributed by atoms with van der Waals surface area (Å²) in [6.45, 7) is 4.55. The van der Waals surface area contributed by atoms with Crippen LogP contribution in [0.4, 0.5) is 0 Å². The summed E-state index contributed by atoms with van der Waals surface area (Å²) in [6.07, 6.45) is 6.18. The van der Waals surface area contributed by atoms with Gasteiger partial charge in [0.1, 0.15) is 12.4 Å². The van der Waals surface area contributed by atoms with Crippen LogP contribution in [0.25, 0.3) is 0 Å². The molecule has 0 unspecified atom stereocenters. The Morgan fingerprint density at radius 1 is 1.00 bits per heavy atom. The van der Waals surface area contributed by atoms with E-state index in [0.717, 1.165) is 35.4 Å². The van der Waals surface area contributed by atoms with Gasteiger partial charge in [-0.1, -0.05) is 56.3 Å². The minimum atomic E-state index is -0.0289. The Labute approximate surface area is 172 Å². The van der Waals surface area contributed by atoms with Crippen LogP contribution in [0.15, 0.2) is 53.6 Å². The van der Waals surface area contributed by atoms with Crippen molar-refractivity contribution in [2.24, 2.45) is 5.10 Å². The quantitative estimate of drug-likeness (QED) is 0.280. The number of carbonyl (C=O) groups is 1. The van der Waals surface area contributed by atoms with Gasteiger partial charge < -0.3 is 4.74 Å². The number of unbranched alkanes of at least 4 members (excludes halogenated alkanes) is 4. The highest BCUT2D eigenvalue weighted by atomic mass is 35.5. The Hall–Kier alpha value is -2.33. The molecule has 0 aliphatic rings.